The van der Waals surface area contributed by atoms with Crippen molar-refractivity contribution in [3.8, 4) is 0 Å². The van der Waals surface area contributed by atoms with E-state index < -0.39 is 92.7 Å². The summed E-state index contributed by atoms with van der Waals surface area (Å²) in [5.41, 5.74) is 0. The number of rotatable bonds is 42. The first-order valence-corrected chi connectivity index (χ1v) is 26.6. The molecule has 2 aliphatic heterocycles. The lowest BCUT2D eigenvalue weighted by molar-refractivity contribution is -0.332. The van der Waals surface area contributed by atoms with E-state index in [1.165, 1.54) is 141 Å². The number of esters is 2. The number of aliphatic hydroxyl groups excluding tert-OH is 7. The molecule has 0 saturated carbocycles. The monoisotopic (exact) mass is 949 g/mol. The third kappa shape index (κ3) is 27.0. The summed E-state index contributed by atoms with van der Waals surface area (Å²) in [5.74, 6) is -0.909. The third-order valence-corrected chi connectivity index (χ3v) is 13.1. The summed E-state index contributed by atoms with van der Waals surface area (Å²) in [7, 11) is 0. The maximum absolute atomic E-state index is 13.0. The summed E-state index contributed by atoms with van der Waals surface area (Å²) in [6.07, 6.45) is 19.9. The molecule has 390 valence electrons. The van der Waals surface area contributed by atoms with Crippen LogP contribution in [0, 0.1) is 0 Å². The molecule has 2 aliphatic rings. The van der Waals surface area contributed by atoms with Crippen LogP contribution in [0.15, 0.2) is 0 Å². The topological polar surface area (TPSA) is 231 Å². The van der Waals surface area contributed by atoms with Gasteiger partial charge in [0.25, 0.3) is 0 Å². The van der Waals surface area contributed by atoms with Crippen molar-refractivity contribution in [3.05, 3.63) is 0 Å². The normalized spacial score (nSPS) is 26.1. The molecule has 2 fully saturated rings. The Labute approximate surface area is 398 Å². The maximum atomic E-state index is 13.0. The average molecular weight is 949 g/mol. The van der Waals surface area contributed by atoms with Crippen LogP contribution in [0.3, 0.4) is 0 Å². The van der Waals surface area contributed by atoms with Crippen molar-refractivity contribution < 1.29 is 73.8 Å². The van der Waals surface area contributed by atoms with E-state index in [0.29, 0.717) is 12.8 Å². The maximum Gasteiger partial charge on any atom is 0.306 e. The summed E-state index contributed by atoms with van der Waals surface area (Å²) in [6.45, 7) is 2.62. The first-order valence-electron chi connectivity index (χ1n) is 26.6. The van der Waals surface area contributed by atoms with Gasteiger partial charge in [0.2, 0.25) is 0 Å². The van der Waals surface area contributed by atoms with E-state index in [2.05, 4.69) is 13.8 Å². The minimum Gasteiger partial charge on any atom is -0.462 e. The van der Waals surface area contributed by atoms with Gasteiger partial charge in [-0.25, -0.2) is 0 Å². The molecule has 2 rings (SSSR count). The number of unbranched alkanes of at least 4 members (excludes halogenated alkanes) is 28. The third-order valence-electron chi connectivity index (χ3n) is 13.1. The fourth-order valence-electron chi connectivity index (χ4n) is 8.69. The van der Waals surface area contributed by atoms with Gasteiger partial charge < -0.3 is 64.2 Å². The van der Waals surface area contributed by atoms with Gasteiger partial charge in [-0.2, -0.15) is 0 Å². The molecule has 4 unspecified atom stereocenters. The Kier molecular flexibility index (Phi) is 36.0. The zero-order valence-electron chi connectivity index (χ0n) is 41.2. The fraction of sp³-hybridized carbons (Fsp3) is 0.961. The van der Waals surface area contributed by atoms with Gasteiger partial charge in [0, 0.05) is 12.8 Å². The molecule has 2 heterocycles. The molecule has 0 bridgehead atoms. The van der Waals surface area contributed by atoms with Gasteiger partial charge >= 0.3 is 11.9 Å². The smallest absolute Gasteiger partial charge is 0.306 e. The van der Waals surface area contributed by atoms with Gasteiger partial charge in [-0.05, 0) is 12.8 Å². The van der Waals surface area contributed by atoms with Gasteiger partial charge in [0.05, 0.1) is 19.8 Å². The van der Waals surface area contributed by atoms with Crippen LogP contribution in [0.25, 0.3) is 0 Å². The lowest BCUT2D eigenvalue weighted by Crippen LogP contribution is -2.61. The standard InChI is InChI=1S/C51H96O15/c1-3-5-7-9-11-13-15-17-18-19-20-21-22-24-25-27-29-31-33-42(53)61-36-39(64-43(54)34-32-30-28-26-23-16-14-12-10-8-6-4-2)37-62-50-49(60)47(58)45(56)41(66-50)38-63-51-48(59)46(57)44(55)40(35-52)65-51/h39-41,44-52,55-60H,3-38H2,1-2H3/t39-,40+,41+,44-,45-,46?,47?,48?,49?,50+,51+/m0/s1. The van der Waals surface area contributed by atoms with Crippen molar-refractivity contribution in [1.82, 2.24) is 0 Å². The Balaban J connectivity index is 1.77. The first kappa shape index (κ1) is 60.6. The summed E-state index contributed by atoms with van der Waals surface area (Å²) in [5, 5.41) is 72.1. The SMILES string of the molecule is CCCCCCCCCCCCCCCCCCCCC(=O)OC[C@@H](CO[C@@H]1O[C@H](CO[C@@H]2O[C@H](CO)[C@H](O)C(O)C2O)[C@H](O)C(O)C1O)OC(=O)CCCCCCCCCCCCCC. The average Bonchev–Trinajstić information content (AvgIpc) is 3.31. The van der Waals surface area contributed by atoms with Crippen molar-refractivity contribution in [2.24, 2.45) is 0 Å². The molecule has 0 radical (unpaired) electrons. The van der Waals surface area contributed by atoms with Gasteiger partial charge in [0.15, 0.2) is 18.7 Å². The Morgan fingerprint density at radius 1 is 0.424 bits per heavy atom. The van der Waals surface area contributed by atoms with E-state index in [1.54, 1.807) is 0 Å². The molecular formula is C51H96O15. The molecule has 15 heteroatoms. The number of hydrogen-bond donors (Lipinski definition) is 7. The molecule has 2 saturated heterocycles. The first-order chi connectivity index (χ1) is 32.0. The lowest BCUT2D eigenvalue weighted by atomic mass is 9.98. The van der Waals surface area contributed by atoms with E-state index >= 15 is 0 Å². The minimum absolute atomic E-state index is 0.173. The summed E-state index contributed by atoms with van der Waals surface area (Å²) in [4.78, 5) is 25.7. The molecule has 7 N–H and O–H groups in total. The lowest BCUT2D eigenvalue weighted by Gasteiger charge is -2.42. The van der Waals surface area contributed by atoms with Crippen LogP contribution in [0.1, 0.15) is 219 Å². The highest BCUT2D eigenvalue weighted by atomic mass is 16.7. The van der Waals surface area contributed by atoms with E-state index in [4.69, 9.17) is 28.4 Å². The van der Waals surface area contributed by atoms with Crippen LogP contribution < -0.4 is 0 Å². The van der Waals surface area contributed by atoms with Gasteiger partial charge in [-0.1, -0.05) is 194 Å². The highest BCUT2D eigenvalue weighted by Gasteiger charge is 2.47. The van der Waals surface area contributed by atoms with E-state index in [0.717, 1.165) is 38.5 Å². The molecule has 11 atom stereocenters. The van der Waals surface area contributed by atoms with Crippen molar-refractivity contribution in [2.45, 2.75) is 287 Å². The molecule has 0 aliphatic carbocycles. The largest absolute Gasteiger partial charge is 0.462 e. The highest BCUT2D eigenvalue weighted by Crippen LogP contribution is 2.27. The molecular weight excluding hydrogens is 853 g/mol. The van der Waals surface area contributed by atoms with Crippen molar-refractivity contribution in [1.29, 1.82) is 0 Å². The van der Waals surface area contributed by atoms with Crippen LogP contribution in [-0.2, 0) is 38.0 Å². The van der Waals surface area contributed by atoms with Gasteiger partial charge in [-0.3, -0.25) is 9.59 Å². The molecule has 15 nitrogen and oxygen atoms in total. The van der Waals surface area contributed by atoms with Gasteiger partial charge in [0.1, 0.15) is 55.4 Å². The predicted octanol–water partition coefficient (Wildman–Crippen LogP) is 7.61. The summed E-state index contributed by atoms with van der Waals surface area (Å²) >= 11 is 0. The fourth-order valence-corrected chi connectivity index (χ4v) is 8.69. The summed E-state index contributed by atoms with van der Waals surface area (Å²) < 4.78 is 33.6. The highest BCUT2D eigenvalue weighted by molar-refractivity contribution is 5.70. The predicted molar refractivity (Wildman–Crippen MR) is 252 cm³/mol. The Bertz CT molecular complexity index is 1160. The second-order valence-electron chi connectivity index (χ2n) is 19.1. The van der Waals surface area contributed by atoms with Crippen LogP contribution in [0.4, 0.5) is 0 Å². The molecule has 0 amide bonds. The van der Waals surface area contributed by atoms with Gasteiger partial charge in [-0.15, -0.1) is 0 Å². The number of carbonyl (C=O) groups is 2. The second-order valence-corrected chi connectivity index (χ2v) is 19.1. The van der Waals surface area contributed by atoms with E-state index in [-0.39, 0.29) is 26.1 Å². The summed E-state index contributed by atoms with van der Waals surface area (Å²) in [6, 6.07) is 0. The van der Waals surface area contributed by atoms with Crippen LogP contribution in [-0.4, -0.2) is 142 Å². The molecule has 66 heavy (non-hydrogen) atoms. The number of ether oxygens (including phenoxy) is 6. The Hall–Kier alpha value is -1.50. The van der Waals surface area contributed by atoms with Crippen LogP contribution in [0.5, 0.6) is 0 Å². The molecule has 0 spiro atoms. The van der Waals surface area contributed by atoms with Crippen LogP contribution >= 0.6 is 0 Å². The Morgan fingerprint density at radius 2 is 0.773 bits per heavy atom. The number of carbonyl (C=O) groups excluding carboxylic acids is 2. The zero-order valence-corrected chi connectivity index (χ0v) is 41.2. The minimum atomic E-state index is -1.76. The van der Waals surface area contributed by atoms with Crippen molar-refractivity contribution in [3.63, 3.8) is 0 Å². The molecule has 0 aromatic carbocycles. The van der Waals surface area contributed by atoms with E-state index in [9.17, 15) is 45.3 Å². The Morgan fingerprint density at radius 3 is 1.18 bits per heavy atom. The zero-order chi connectivity index (χ0) is 48.2. The van der Waals surface area contributed by atoms with Crippen molar-refractivity contribution in [2.75, 3.05) is 26.4 Å². The number of aliphatic hydroxyl groups is 7. The van der Waals surface area contributed by atoms with Crippen LogP contribution in [0.2, 0.25) is 0 Å². The molecule has 0 aromatic heterocycles. The van der Waals surface area contributed by atoms with E-state index in [1.807, 2.05) is 0 Å². The molecule has 0 aromatic rings. The number of hydrogen-bond acceptors (Lipinski definition) is 15. The second kappa shape index (κ2) is 39.2. The van der Waals surface area contributed by atoms with Crippen molar-refractivity contribution >= 4 is 11.9 Å². The quantitative estimate of drug-likeness (QED) is 0.0231.